The predicted octanol–water partition coefficient (Wildman–Crippen LogP) is 2.46. The molecular weight excluding hydrogens is 302 g/mol. The predicted molar refractivity (Wildman–Crippen MR) is 87.0 cm³/mol. The van der Waals surface area contributed by atoms with Crippen LogP contribution >= 0.6 is 11.3 Å². The average molecular weight is 325 g/mol. The van der Waals surface area contributed by atoms with E-state index in [0.29, 0.717) is 6.54 Å². The van der Waals surface area contributed by atoms with Crippen LogP contribution in [0.3, 0.4) is 0 Å². The summed E-state index contributed by atoms with van der Waals surface area (Å²) in [6.45, 7) is 7.70. The Balaban J connectivity index is 1.73. The summed E-state index contributed by atoms with van der Waals surface area (Å²) in [6.07, 6.45) is 0.511. The Hall–Kier alpha value is -1.60. The van der Waals surface area contributed by atoms with Gasteiger partial charge in [-0.05, 0) is 38.6 Å². The molecule has 2 rings (SSSR count). The summed E-state index contributed by atoms with van der Waals surface area (Å²) in [7, 11) is 0. The number of nitrogens with one attached hydrogen (secondary N) is 3. The van der Waals surface area contributed by atoms with Crippen LogP contribution in [0.2, 0.25) is 0 Å². The van der Waals surface area contributed by atoms with Crippen molar-refractivity contribution in [2.24, 2.45) is 0 Å². The zero-order valence-electron chi connectivity index (χ0n) is 13.4. The van der Waals surface area contributed by atoms with Gasteiger partial charge in [-0.15, -0.1) is 11.3 Å². The van der Waals surface area contributed by atoms with Gasteiger partial charge in [0.1, 0.15) is 5.60 Å². The minimum Gasteiger partial charge on any atom is -0.444 e. The van der Waals surface area contributed by atoms with Gasteiger partial charge >= 0.3 is 6.09 Å². The summed E-state index contributed by atoms with van der Waals surface area (Å²) in [5, 5.41) is 11.0. The van der Waals surface area contributed by atoms with Crippen LogP contribution in [0.4, 0.5) is 10.5 Å². The van der Waals surface area contributed by atoms with E-state index in [4.69, 9.17) is 4.74 Å². The second kappa shape index (κ2) is 6.66. The van der Waals surface area contributed by atoms with Gasteiger partial charge in [-0.25, -0.2) is 4.79 Å². The van der Waals surface area contributed by atoms with Crippen LogP contribution in [0, 0.1) is 0 Å². The molecule has 1 aromatic heterocycles. The highest BCUT2D eigenvalue weighted by molar-refractivity contribution is 7.10. The molecule has 0 saturated heterocycles. The monoisotopic (exact) mass is 325 g/mol. The van der Waals surface area contributed by atoms with Crippen LogP contribution in [0.15, 0.2) is 11.4 Å². The maximum atomic E-state index is 11.7. The molecule has 3 N–H and O–H groups in total. The summed E-state index contributed by atoms with van der Waals surface area (Å²) in [4.78, 5) is 23.9. The second-order valence-electron chi connectivity index (χ2n) is 6.41. The van der Waals surface area contributed by atoms with E-state index in [1.807, 2.05) is 32.2 Å². The topological polar surface area (TPSA) is 79.5 Å². The fourth-order valence-corrected chi connectivity index (χ4v) is 2.82. The molecule has 122 valence electrons. The minimum atomic E-state index is -0.480. The zero-order chi connectivity index (χ0) is 16.3. The number of alkyl carbamates (subject to hydrolysis) is 1. The molecule has 2 amide bonds. The summed E-state index contributed by atoms with van der Waals surface area (Å²) in [6, 6.07) is 2.26. The Morgan fingerprint density at radius 1 is 1.36 bits per heavy atom. The highest BCUT2D eigenvalue weighted by Gasteiger charge is 2.39. The van der Waals surface area contributed by atoms with E-state index in [2.05, 4.69) is 16.0 Å². The van der Waals surface area contributed by atoms with Gasteiger partial charge < -0.3 is 20.7 Å². The van der Waals surface area contributed by atoms with Gasteiger partial charge in [0.05, 0.1) is 5.69 Å². The van der Waals surface area contributed by atoms with Gasteiger partial charge in [0, 0.05) is 30.4 Å². The van der Waals surface area contributed by atoms with Crippen LogP contribution in [-0.2, 0) is 16.1 Å². The number of amides is 2. The maximum Gasteiger partial charge on any atom is 0.407 e. The molecule has 0 radical (unpaired) electrons. The minimum absolute atomic E-state index is 0.0736. The highest BCUT2D eigenvalue weighted by Crippen LogP contribution is 2.26. The first-order chi connectivity index (χ1) is 10.2. The molecular formula is C15H23N3O3S. The molecule has 1 aliphatic rings. The summed E-state index contributed by atoms with van der Waals surface area (Å²) < 4.78 is 5.23. The van der Waals surface area contributed by atoms with Gasteiger partial charge in [-0.1, -0.05) is 0 Å². The standard InChI is InChI=1S/C15H23N3O3S/c1-9(19)17-10-5-6-22-13(10)8-16-11-7-12(11)18-14(20)21-15(2,3)4/h5-6,11-12,16H,7-8H2,1-4H3,(H,17,19)(H,18,20). The molecule has 0 aliphatic heterocycles. The van der Waals surface area contributed by atoms with Crippen LogP contribution in [-0.4, -0.2) is 29.7 Å². The number of hydrogen-bond acceptors (Lipinski definition) is 5. The Bertz CT molecular complexity index is 550. The molecule has 0 aromatic carbocycles. The van der Waals surface area contributed by atoms with Gasteiger partial charge in [-0.2, -0.15) is 0 Å². The van der Waals surface area contributed by atoms with E-state index in [0.717, 1.165) is 17.0 Å². The number of rotatable bonds is 5. The second-order valence-corrected chi connectivity index (χ2v) is 7.42. The van der Waals surface area contributed by atoms with E-state index in [9.17, 15) is 9.59 Å². The van der Waals surface area contributed by atoms with Crippen molar-refractivity contribution < 1.29 is 14.3 Å². The Labute approximate surface area is 134 Å². The largest absolute Gasteiger partial charge is 0.444 e. The lowest BCUT2D eigenvalue weighted by molar-refractivity contribution is -0.114. The zero-order valence-corrected chi connectivity index (χ0v) is 14.2. The lowest BCUT2D eigenvalue weighted by atomic mass is 10.2. The lowest BCUT2D eigenvalue weighted by Crippen LogP contribution is -2.36. The van der Waals surface area contributed by atoms with Gasteiger partial charge in [0.25, 0.3) is 0 Å². The van der Waals surface area contributed by atoms with Crippen molar-refractivity contribution in [3.8, 4) is 0 Å². The van der Waals surface area contributed by atoms with Crippen molar-refractivity contribution >= 4 is 29.0 Å². The van der Waals surface area contributed by atoms with Crippen molar-refractivity contribution in [1.82, 2.24) is 10.6 Å². The summed E-state index contributed by atoms with van der Waals surface area (Å²) in [5.41, 5.74) is 0.369. The number of carbonyl (C=O) groups is 2. The maximum absolute atomic E-state index is 11.7. The molecule has 1 aromatic rings. The number of hydrogen-bond donors (Lipinski definition) is 3. The number of carbonyl (C=O) groups excluding carboxylic acids is 2. The Morgan fingerprint density at radius 3 is 2.73 bits per heavy atom. The number of ether oxygens (including phenoxy) is 1. The van der Waals surface area contributed by atoms with Gasteiger partial charge in [0.15, 0.2) is 0 Å². The van der Waals surface area contributed by atoms with Crippen molar-refractivity contribution in [3.05, 3.63) is 16.3 Å². The molecule has 1 heterocycles. The molecule has 0 bridgehead atoms. The fourth-order valence-electron chi connectivity index (χ4n) is 2.04. The molecule has 2 atom stereocenters. The van der Waals surface area contributed by atoms with Crippen molar-refractivity contribution in [1.29, 1.82) is 0 Å². The fraction of sp³-hybridized carbons (Fsp3) is 0.600. The SMILES string of the molecule is CC(=O)Nc1ccsc1CNC1CC1NC(=O)OC(C)(C)C. The summed E-state index contributed by atoms with van der Waals surface area (Å²) in [5.74, 6) is -0.0736. The third-order valence-corrected chi connectivity index (χ3v) is 3.99. The lowest BCUT2D eigenvalue weighted by Gasteiger charge is -2.19. The molecule has 1 fully saturated rings. The third kappa shape index (κ3) is 5.31. The van der Waals surface area contributed by atoms with Crippen LogP contribution in [0.1, 0.15) is 39.0 Å². The molecule has 0 spiro atoms. The van der Waals surface area contributed by atoms with Crippen LogP contribution in [0.25, 0.3) is 0 Å². The van der Waals surface area contributed by atoms with E-state index in [1.165, 1.54) is 6.92 Å². The van der Waals surface area contributed by atoms with Gasteiger partial charge in [-0.3, -0.25) is 4.79 Å². The molecule has 1 aliphatic carbocycles. The number of thiophene rings is 1. The average Bonchev–Trinajstić information content (AvgIpc) is 2.92. The quantitative estimate of drug-likeness (QED) is 0.777. The van der Waals surface area contributed by atoms with E-state index >= 15 is 0 Å². The third-order valence-electron chi connectivity index (χ3n) is 3.07. The Morgan fingerprint density at radius 2 is 2.09 bits per heavy atom. The van der Waals surface area contributed by atoms with E-state index < -0.39 is 5.60 Å². The Kier molecular flexibility index (Phi) is 5.08. The molecule has 2 unspecified atom stereocenters. The van der Waals surface area contributed by atoms with Crippen LogP contribution < -0.4 is 16.0 Å². The molecule has 7 heteroatoms. The first-order valence-corrected chi connectivity index (χ1v) is 8.19. The first-order valence-electron chi connectivity index (χ1n) is 7.31. The van der Waals surface area contributed by atoms with E-state index in [-0.39, 0.29) is 24.1 Å². The first kappa shape index (κ1) is 16.8. The smallest absolute Gasteiger partial charge is 0.407 e. The van der Waals surface area contributed by atoms with Crippen molar-refractivity contribution in [3.63, 3.8) is 0 Å². The van der Waals surface area contributed by atoms with Crippen LogP contribution in [0.5, 0.6) is 0 Å². The molecule has 1 saturated carbocycles. The number of anilines is 1. The highest BCUT2D eigenvalue weighted by atomic mass is 32.1. The van der Waals surface area contributed by atoms with E-state index in [1.54, 1.807) is 11.3 Å². The van der Waals surface area contributed by atoms with Crippen molar-refractivity contribution in [2.45, 2.75) is 58.3 Å². The normalized spacial score (nSPS) is 20.4. The van der Waals surface area contributed by atoms with Crippen molar-refractivity contribution in [2.75, 3.05) is 5.32 Å². The summed E-state index contributed by atoms with van der Waals surface area (Å²) >= 11 is 1.60. The molecule has 6 nitrogen and oxygen atoms in total. The van der Waals surface area contributed by atoms with Gasteiger partial charge in [0.2, 0.25) is 5.91 Å². The molecule has 22 heavy (non-hydrogen) atoms.